The van der Waals surface area contributed by atoms with Gasteiger partial charge in [0.1, 0.15) is 11.4 Å². The third-order valence-electron chi connectivity index (χ3n) is 4.48. The lowest BCUT2D eigenvalue weighted by molar-refractivity contribution is -0.226. The normalized spacial score (nSPS) is 24.6. The molecule has 0 bridgehead atoms. The van der Waals surface area contributed by atoms with Gasteiger partial charge in [-0.3, -0.25) is 0 Å². The average Bonchev–Trinajstić information content (AvgIpc) is 3.20. The Morgan fingerprint density at radius 1 is 1.27 bits per heavy atom. The van der Waals surface area contributed by atoms with E-state index in [2.05, 4.69) is 9.97 Å². The minimum Gasteiger partial charge on any atom is -0.366 e. The van der Waals surface area contributed by atoms with E-state index in [4.69, 9.17) is 24.4 Å². The van der Waals surface area contributed by atoms with E-state index in [1.807, 2.05) is 32.4 Å². The van der Waals surface area contributed by atoms with Crippen molar-refractivity contribution in [3.8, 4) is 0 Å². The fourth-order valence-electron chi connectivity index (χ4n) is 3.03. The van der Waals surface area contributed by atoms with Crippen LogP contribution >= 0.6 is 23.1 Å². The van der Waals surface area contributed by atoms with Gasteiger partial charge in [0.15, 0.2) is 12.1 Å². The van der Waals surface area contributed by atoms with E-state index in [1.165, 1.54) is 31.5 Å². The molecule has 0 aromatic carbocycles. The molecule has 2 fully saturated rings. The Hall–Kier alpha value is -0.850. The van der Waals surface area contributed by atoms with Crippen molar-refractivity contribution in [1.82, 2.24) is 9.97 Å². The van der Waals surface area contributed by atoms with Crippen molar-refractivity contribution in [1.29, 1.82) is 0 Å². The van der Waals surface area contributed by atoms with Crippen LogP contribution in [-0.4, -0.2) is 62.9 Å². The lowest BCUT2D eigenvalue weighted by Crippen LogP contribution is -2.29. The molecule has 33 heavy (non-hydrogen) atoms. The van der Waals surface area contributed by atoms with Crippen LogP contribution in [-0.2, 0) is 20.0 Å². The summed E-state index contributed by atoms with van der Waals surface area (Å²) in [4.78, 5) is 9.20. The number of hydrogen-bond acceptors (Lipinski definition) is 10. The molecule has 2 saturated heterocycles. The Morgan fingerprint density at radius 2 is 1.97 bits per heavy atom. The monoisotopic (exact) mass is 504 g/mol. The summed E-state index contributed by atoms with van der Waals surface area (Å²) < 4.78 is 17.3. The van der Waals surface area contributed by atoms with Crippen molar-refractivity contribution in [3.63, 3.8) is 0 Å². The van der Waals surface area contributed by atoms with E-state index in [-0.39, 0.29) is 12.4 Å². The number of nitrogens with zero attached hydrogens (tertiary/aromatic N) is 2. The number of aliphatic hydroxyl groups is 3. The van der Waals surface area contributed by atoms with Crippen molar-refractivity contribution in [2.45, 2.75) is 95.7 Å². The second-order valence-electron chi connectivity index (χ2n) is 8.00. The maximum atomic E-state index is 11.0. The molecule has 0 spiro atoms. The molecule has 2 aliphatic rings. The highest BCUT2D eigenvalue weighted by molar-refractivity contribution is 7.98. The van der Waals surface area contributed by atoms with Gasteiger partial charge in [0.2, 0.25) is 5.79 Å². The first-order chi connectivity index (χ1) is 15.6. The summed E-state index contributed by atoms with van der Waals surface area (Å²) in [6, 6.07) is 0. The predicted molar refractivity (Wildman–Crippen MR) is 131 cm³/mol. The van der Waals surface area contributed by atoms with Crippen LogP contribution in [0.3, 0.4) is 0 Å². The largest absolute Gasteiger partial charge is 0.366 e. The molecule has 0 amide bonds. The molecular formula is C23H40N2O6S2. The van der Waals surface area contributed by atoms with Crippen LogP contribution in [0.15, 0.2) is 22.9 Å². The number of hydrogen-bond donors (Lipinski definition) is 3. The Morgan fingerprint density at radius 3 is 2.58 bits per heavy atom. The smallest absolute Gasteiger partial charge is 0.203 e. The summed E-state index contributed by atoms with van der Waals surface area (Å²) in [6.07, 6.45) is 9.24. The van der Waals surface area contributed by atoms with Gasteiger partial charge in [0, 0.05) is 19.2 Å². The molecule has 3 N–H and O–H groups in total. The summed E-state index contributed by atoms with van der Waals surface area (Å²) in [6.45, 7) is 9.79. The summed E-state index contributed by atoms with van der Waals surface area (Å²) in [7, 11) is 0. The van der Waals surface area contributed by atoms with Gasteiger partial charge < -0.3 is 29.5 Å². The fraction of sp³-hybridized carbons (Fsp3) is 0.739. The molecule has 0 radical (unpaired) electrons. The maximum Gasteiger partial charge on any atom is 0.203 e. The minimum absolute atomic E-state index is 0.142. The third kappa shape index (κ3) is 11.9. The van der Waals surface area contributed by atoms with Crippen LogP contribution in [0.5, 0.6) is 0 Å². The summed E-state index contributed by atoms with van der Waals surface area (Å²) in [5.41, 5.74) is 1.04. The van der Waals surface area contributed by atoms with E-state index in [0.717, 1.165) is 42.9 Å². The Labute approximate surface area is 206 Å². The van der Waals surface area contributed by atoms with E-state index in [9.17, 15) is 5.11 Å². The zero-order valence-electron chi connectivity index (χ0n) is 20.6. The number of aryl methyl sites for hydroxylation is 1. The van der Waals surface area contributed by atoms with Crippen molar-refractivity contribution in [3.05, 3.63) is 28.3 Å². The summed E-state index contributed by atoms with van der Waals surface area (Å²) in [5.74, 6) is -2.83. The van der Waals surface area contributed by atoms with Crippen LogP contribution < -0.4 is 0 Å². The van der Waals surface area contributed by atoms with Crippen molar-refractivity contribution < 1.29 is 29.5 Å². The third-order valence-corrected chi connectivity index (χ3v) is 6.45. The molecule has 10 heteroatoms. The topological polar surface area (TPSA) is 114 Å². The molecular weight excluding hydrogens is 464 g/mol. The van der Waals surface area contributed by atoms with E-state index < -0.39 is 11.6 Å². The van der Waals surface area contributed by atoms with E-state index >= 15 is 0 Å². The summed E-state index contributed by atoms with van der Waals surface area (Å²) in [5, 5.41) is 30.0. The highest BCUT2D eigenvalue weighted by atomic mass is 32.2. The maximum absolute atomic E-state index is 11.0. The molecule has 1 aromatic heterocycles. The molecule has 0 aliphatic carbocycles. The highest BCUT2D eigenvalue weighted by Gasteiger charge is 2.41. The molecule has 8 nitrogen and oxygen atoms in total. The molecule has 1 aromatic rings. The lowest BCUT2D eigenvalue weighted by Gasteiger charge is -2.25. The van der Waals surface area contributed by atoms with Crippen LogP contribution in [0.4, 0.5) is 0 Å². The van der Waals surface area contributed by atoms with Gasteiger partial charge in [-0.05, 0) is 63.7 Å². The fourth-order valence-corrected chi connectivity index (χ4v) is 4.51. The zero-order valence-corrected chi connectivity index (χ0v) is 22.2. The Balaban J connectivity index is 0.000000689. The van der Waals surface area contributed by atoms with Crippen LogP contribution in [0, 0.1) is 6.92 Å². The minimum atomic E-state index is -1.50. The lowest BCUT2D eigenvalue weighted by atomic mass is 10.1. The van der Waals surface area contributed by atoms with Gasteiger partial charge in [0.05, 0.1) is 17.6 Å². The number of rotatable bonds is 5. The highest BCUT2D eigenvalue weighted by Crippen LogP contribution is 2.38. The zero-order chi connectivity index (χ0) is 24.9. The Bertz CT molecular complexity index is 730. The molecule has 2 aliphatic heterocycles. The molecule has 3 unspecified atom stereocenters. The van der Waals surface area contributed by atoms with Gasteiger partial charge in [0.25, 0.3) is 0 Å². The van der Waals surface area contributed by atoms with Gasteiger partial charge in [-0.25, -0.2) is 9.97 Å². The van der Waals surface area contributed by atoms with Crippen molar-refractivity contribution >= 4 is 23.1 Å². The van der Waals surface area contributed by atoms with Gasteiger partial charge in [-0.1, -0.05) is 13.8 Å². The Kier molecular flexibility index (Phi) is 13.9. The van der Waals surface area contributed by atoms with Crippen molar-refractivity contribution in [2.75, 3.05) is 19.5 Å². The summed E-state index contributed by atoms with van der Waals surface area (Å²) >= 11 is 3.00. The molecule has 3 heterocycles. The number of aromatic nitrogens is 2. The number of thioether (sulfide) groups is 1. The van der Waals surface area contributed by atoms with E-state index in [0.29, 0.717) is 17.9 Å². The molecule has 0 saturated carbocycles. The van der Waals surface area contributed by atoms with Gasteiger partial charge in [-0.2, -0.15) is 0 Å². The van der Waals surface area contributed by atoms with Crippen LogP contribution in [0.25, 0.3) is 0 Å². The molecule has 3 rings (SSSR count). The first kappa shape index (κ1) is 30.2. The van der Waals surface area contributed by atoms with Crippen LogP contribution in [0.2, 0.25) is 0 Å². The van der Waals surface area contributed by atoms with Gasteiger partial charge >= 0.3 is 0 Å². The van der Waals surface area contributed by atoms with E-state index in [1.54, 1.807) is 18.0 Å². The second kappa shape index (κ2) is 15.2. The first-order valence-electron chi connectivity index (χ1n) is 11.4. The standard InChI is InChI=1S/C18H26N2O4S2.C3H8O2.C2H6/c1-13-11-26-15(9-19-12-20-17(13)25-2)18(21)7-6-14(24-18)10-23-16-5-3-4-8-22-16;1-3(2,4)5;1-2/h9,11-12,14,16,21H,3-8,10H2,1-2H3;4-5H,1-2H3;1-2H3. The second-order valence-corrected chi connectivity index (χ2v) is 9.71. The predicted octanol–water partition coefficient (Wildman–Crippen LogP) is 4.29. The quantitative estimate of drug-likeness (QED) is 0.399. The SMILES string of the molecule is CC.CC(C)(O)O.CSc1ncncc(C2(O)CCC(COC3CCCCO3)O2)scc1C. The first-order valence-corrected chi connectivity index (χ1v) is 13.5. The molecule has 190 valence electrons. The average molecular weight is 505 g/mol. The van der Waals surface area contributed by atoms with Gasteiger partial charge in [-0.15, -0.1) is 23.1 Å². The number of ether oxygens (including phenoxy) is 3. The van der Waals surface area contributed by atoms with Crippen LogP contribution in [0.1, 0.15) is 70.2 Å². The molecule has 3 atom stereocenters. The van der Waals surface area contributed by atoms with Crippen molar-refractivity contribution in [2.24, 2.45) is 0 Å².